The van der Waals surface area contributed by atoms with Crippen molar-refractivity contribution in [3.05, 3.63) is 59.4 Å². The van der Waals surface area contributed by atoms with E-state index in [1.807, 2.05) is 12.1 Å². The second-order valence-electron chi connectivity index (χ2n) is 6.40. The lowest BCUT2D eigenvalue weighted by molar-refractivity contribution is -0.115. The number of hydrogen-bond acceptors (Lipinski definition) is 4. The number of amides is 2. The first-order valence-electron chi connectivity index (χ1n) is 8.77. The summed E-state index contributed by atoms with van der Waals surface area (Å²) in [5.74, 6) is -0.465. The number of anilines is 1. The fraction of sp³-hybridized carbons (Fsp3) is 0.300. The number of nitrogens with one attached hydrogen (secondary N) is 2. The van der Waals surface area contributed by atoms with Gasteiger partial charge in [-0.3, -0.25) is 14.6 Å². The van der Waals surface area contributed by atoms with E-state index in [2.05, 4.69) is 26.9 Å². The molecule has 6 nitrogen and oxygen atoms in total. The van der Waals surface area contributed by atoms with Crippen LogP contribution in [0.25, 0.3) is 0 Å². The fourth-order valence-corrected chi connectivity index (χ4v) is 3.08. The maximum atomic E-state index is 12.3. The van der Waals surface area contributed by atoms with Crippen LogP contribution in [0.1, 0.15) is 47.7 Å². The Morgan fingerprint density at radius 2 is 1.88 bits per heavy atom. The first kappa shape index (κ1) is 17.8. The SMILES string of the molecule is C/C(CC(=O)Nc1cccc2c1CCCC2)=N\NC(=O)c1ccncc1. The molecule has 0 spiro atoms. The van der Waals surface area contributed by atoms with E-state index >= 15 is 0 Å². The van der Waals surface area contributed by atoms with Crippen LogP contribution in [0.2, 0.25) is 0 Å². The van der Waals surface area contributed by atoms with Gasteiger partial charge in [-0.25, -0.2) is 5.43 Å². The van der Waals surface area contributed by atoms with Gasteiger partial charge in [0.25, 0.3) is 5.91 Å². The summed E-state index contributed by atoms with van der Waals surface area (Å²) < 4.78 is 0. The Labute approximate surface area is 152 Å². The topological polar surface area (TPSA) is 83.5 Å². The van der Waals surface area contributed by atoms with Crippen LogP contribution in [0.15, 0.2) is 47.8 Å². The van der Waals surface area contributed by atoms with Crippen molar-refractivity contribution in [3.63, 3.8) is 0 Å². The molecule has 134 valence electrons. The molecule has 0 bridgehead atoms. The number of rotatable bonds is 5. The van der Waals surface area contributed by atoms with Gasteiger partial charge in [0.2, 0.25) is 5.91 Å². The van der Waals surface area contributed by atoms with E-state index < -0.39 is 0 Å². The van der Waals surface area contributed by atoms with Gasteiger partial charge < -0.3 is 5.32 Å². The number of benzene rings is 1. The van der Waals surface area contributed by atoms with Crippen LogP contribution in [0.5, 0.6) is 0 Å². The first-order valence-corrected chi connectivity index (χ1v) is 8.77. The Kier molecular flexibility index (Phi) is 5.73. The summed E-state index contributed by atoms with van der Waals surface area (Å²) >= 11 is 0. The van der Waals surface area contributed by atoms with E-state index in [0.717, 1.165) is 24.9 Å². The average molecular weight is 350 g/mol. The summed E-state index contributed by atoms with van der Waals surface area (Å²) in [5, 5.41) is 6.98. The van der Waals surface area contributed by atoms with Gasteiger partial charge >= 0.3 is 0 Å². The minimum atomic E-state index is -0.329. The zero-order valence-electron chi connectivity index (χ0n) is 14.8. The molecular weight excluding hydrogens is 328 g/mol. The van der Waals surface area contributed by atoms with Gasteiger partial charge in [-0.1, -0.05) is 12.1 Å². The minimum absolute atomic E-state index is 0.125. The molecule has 1 aliphatic rings. The van der Waals surface area contributed by atoms with Crippen LogP contribution in [0, 0.1) is 0 Å². The lowest BCUT2D eigenvalue weighted by atomic mass is 9.90. The molecule has 0 aliphatic heterocycles. The van der Waals surface area contributed by atoms with Crippen molar-refractivity contribution in [2.75, 3.05) is 5.32 Å². The molecule has 0 atom stereocenters. The van der Waals surface area contributed by atoms with Crippen LogP contribution in [0.3, 0.4) is 0 Å². The highest BCUT2D eigenvalue weighted by Gasteiger charge is 2.15. The number of nitrogens with zero attached hydrogens (tertiary/aromatic N) is 2. The lowest BCUT2D eigenvalue weighted by Crippen LogP contribution is -2.22. The largest absolute Gasteiger partial charge is 0.325 e. The van der Waals surface area contributed by atoms with E-state index in [0.29, 0.717) is 11.3 Å². The number of aryl methyl sites for hydroxylation is 1. The number of hydrazone groups is 1. The summed E-state index contributed by atoms with van der Waals surface area (Å²) in [7, 11) is 0. The molecule has 2 aromatic rings. The van der Waals surface area contributed by atoms with E-state index in [4.69, 9.17) is 0 Å². The van der Waals surface area contributed by atoms with E-state index in [1.54, 1.807) is 31.5 Å². The van der Waals surface area contributed by atoms with Crippen molar-refractivity contribution in [2.24, 2.45) is 5.10 Å². The van der Waals surface area contributed by atoms with Crippen LogP contribution in [-0.2, 0) is 17.6 Å². The summed E-state index contributed by atoms with van der Waals surface area (Å²) in [6, 6.07) is 9.26. The molecule has 2 amide bonds. The highest BCUT2D eigenvalue weighted by atomic mass is 16.2. The van der Waals surface area contributed by atoms with Crippen LogP contribution in [-0.4, -0.2) is 22.5 Å². The van der Waals surface area contributed by atoms with E-state index in [-0.39, 0.29) is 18.2 Å². The predicted octanol–water partition coefficient (Wildman–Crippen LogP) is 3.09. The molecule has 0 saturated heterocycles. The summed E-state index contributed by atoms with van der Waals surface area (Å²) in [6.45, 7) is 1.72. The first-order chi connectivity index (χ1) is 12.6. The van der Waals surface area contributed by atoms with Crippen LogP contribution in [0.4, 0.5) is 5.69 Å². The maximum absolute atomic E-state index is 12.3. The van der Waals surface area contributed by atoms with Gasteiger partial charge in [0.15, 0.2) is 0 Å². The summed E-state index contributed by atoms with van der Waals surface area (Å²) in [5.41, 5.74) is 6.92. The van der Waals surface area contributed by atoms with Crippen molar-refractivity contribution in [1.29, 1.82) is 0 Å². The number of fused-ring (bicyclic) bond motifs is 1. The lowest BCUT2D eigenvalue weighted by Gasteiger charge is -2.19. The molecule has 6 heteroatoms. The zero-order valence-corrected chi connectivity index (χ0v) is 14.8. The monoisotopic (exact) mass is 350 g/mol. The molecule has 0 fully saturated rings. The Morgan fingerprint density at radius 1 is 1.12 bits per heavy atom. The Bertz CT molecular complexity index is 831. The van der Waals surface area contributed by atoms with Crippen LogP contribution >= 0.6 is 0 Å². The van der Waals surface area contributed by atoms with Crippen molar-refractivity contribution in [1.82, 2.24) is 10.4 Å². The quantitative estimate of drug-likeness (QED) is 0.642. The van der Waals surface area contributed by atoms with Crippen molar-refractivity contribution in [2.45, 2.75) is 39.0 Å². The molecular formula is C20H22N4O2. The molecule has 26 heavy (non-hydrogen) atoms. The zero-order chi connectivity index (χ0) is 18.4. The van der Waals surface area contributed by atoms with Gasteiger partial charge in [-0.2, -0.15) is 5.10 Å². The molecule has 1 aromatic heterocycles. The number of pyridine rings is 1. The normalized spacial score (nSPS) is 13.7. The summed E-state index contributed by atoms with van der Waals surface area (Å²) in [6.07, 6.45) is 7.63. The maximum Gasteiger partial charge on any atom is 0.271 e. The highest BCUT2D eigenvalue weighted by Crippen LogP contribution is 2.27. The second-order valence-corrected chi connectivity index (χ2v) is 6.40. The van der Waals surface area contributed by atoms with Gasteiger partial charge in [0, 0.05) is 29.4 Å². The van der Waals surface area contributed by atoms with Crippen molar-refractivity contribution in [3.8, 4) is 0 Å². The second kappa shape index (κ2) is 8.38. The Hall–Kier alpha value is -3.02. The van der Waals surface area contributed by atoms with Gasteiger partial charge in [-0.05, 0) is 61.9 Å². The van der Waals surface area contributed by atoms with Crippen molar-refractivity contribution >= 4 is 23.2 Å². The molecule has 1 aliphatic carbocycles. The molecule has 0 saturated carbocycles. The fourth-order valence-electron chi connectivity index (χ4n) is 3.08. The number of hydrogen-bond donors (Lipinski definition) is 2. The van der Waals surface area contributed by atoms with Gasteiger partial charge in [-0.15, -0.1) is 0 Å². The third kappa shape index (κ3) is 4.53. The Morgan fingerprint density at radius 3 is 2.69 bits per heavy atom. The molecule has 1 heterocycles. The summed E-state index contributed by atoms with van der Waals surface area (Å²) in [4.78, 5) is 28.1. The molecule has 0 radical (unpaired) electrons. The third-order valence-electron chi connectivity index (χ3n) is 4.38. The highest BCUT2D eigenvalue weighted by molar-refractivity contribution is 6.06. The number of carbonyl (C=O) groups excluding carboxylic acids is 2. The van der Waals surface area contributed by atoms with E-state index in [1.165, 1.54) is 17.5 Å². The standard InChI is InChI=1S/C20H22N4O2/c1-14(23-24-20(26)16-9-11-21-12-10-16)13-19(25)22-18-8-4-6-15-5-2-3-7-17(15)18/h4,6,8-12H,2-3,5,7,13H2,1H3,(H,22,25)(H,24,26)/b23-14+. The minimum Gasteiger partial charge on any atom is -0.325 e. The Balaban J connectivity index is 1.57. The van der Waals surface area contributed by atoms with Crippen molar-refractivity contribution < 1.29 is 9.59 Å². The van der Waals surface area contributed by atoms with E-state index in [9.17, 15) is 9.59 Å². The van der Waals surface area contributed by atoms with Crippen LogP contribution < -0.4 is 10.7 Å². The number of carbonyl (C=O) groups is 2. The molecule has 1 aromatic carbocycles. The molecule has 3 rings (SSSR count). The average Bonchev–Trinajstić information content (AvgIpc) is 2.67. The van der Waals surface area contributed by atoms with Gasteiger partial charge in [0.05, 0.1) is 6.42 Å². The number of aromatic nitrogens is 1. The third-order valence-corrected chi connectivity index (χ3v) is 4.38. The smallest absolute Gasteiger partial charge is 0.271 e. The predicted molar refractivity (Wildman–Crippen MR) is 101 cm³/mol. The van der Waals surface area contributed by atoms with Gasteiger partial charge in [0.1, 0.15) is 0 Å². The molecule has 2 N–H and O–H groups in total. The molecule has 0 unspecified atom stereocenters.